The zero-order valence-corrected chi connectivity index (χ0v) is 12.0. The van der Waals surface area contributed by atoms with Gasteiger partial charge in [0.15, 0.2) is 0 Å². The van der Waals surface area contributed by atoms with Crippen molar-refractivity contribution in [2.45, 2.75) is 50.6 Å². The number of hydrogen-bond acceptors (Lipinski definition) is 3. The first-order valence-corrected chi connectivity index (χ1v) is 7.48. The molecule has 4 heteroatoms. The maximum absolute atomic E-state index is 5.61. The molecular weight excluding hydrogens is 248 g/mol. The van der Waals surface area contributed by atoms with Crippen molar-refractivity contribution < 1.29 is 4.74 Å². The molecule has 0 bridgehead atoms. The van der Waals surface area contributed by atoms with E-state index in [0.29, 0.717) is 6.04 Å². The Morgan fingerprint density at radius 1 is 1.17 bits per heavy atom. The summed E-state index contributed by atoms with van der Waals surface area (Å²) in [6, 6.07) is 1.35. The summed E-state index contributed by atoms with van der Waals surface area (Å²) in [7, 11) is 0. The summed E-state index contributed by atoms with van der Waals surface area (Å²) in [6.07, 6.45) is 8.50. The normalized spacial score (nSPS) is 36.3. The van der Waals surface area contributed by atoms with Crippen LogP contribution in [0.15, 0.2) is 0 Å². The van der Waals surface area contributed by atoms with Gasteiger partial charge in [0.05, 0.1) is 13.2 Å². The van der Waals surface area contributed by atoms with E-state index in [1.807, 2.05) is 0 Å². The summed E-state index contributed by atoms with van der Waals surface area (Å²) in [6.45, 7) is 4.09. The summed E-state index contributed by atoms with van der Waals surface area (Å²) in [5, 5.41) is 7.44. The lowest BCUT2D eigenvalue weighted by molar-refractivity contribution is 0.0525. The molecule has 0 aromatic carbocycles. The molecule has 0 aromatic heterocycles. The maximum Gasteiger partial charge on any atom is 0.0623 e. The monoisotopic (exact) mass is 274 g/mol. The Labute approximate surface area is 117 Å². The highest BCUT2D eigenvalue weighted by atomic mass is 35.5. The minimum Gasteiger partial charge on any atom is -0.379 e. The highest BCUT2D eigenvalue weighted by Gasteiger charge is 2.34. The van der Waals surface area contributed by atoms with Crippen LogP contribution in [0.25, 0.3) is 0 Å². The van der Waals surface area contributed by atoms with Crippen LogP contribution in [0.4, 0.5) is 0 Å². The van der Waals surface area contributed by atoms with Gasteiger partial charge in [-0.05, 0) is 37.6 Å². The van der Waals surface area contributed by atoms with E-state index in [1.165, 1.54) is 45.1 Å². The van der Waals surface area contributed by atoms with Gasteiger partial charge in [0.25, 0.3) is 0 Å². The highest BCUT2D eigenvalue weighted by molar-refractivity contribution is 5.85. The minimum atomic E-state index is 0. The number of morpholine rings is 1. The van der Waals surface area contributed by atoms with Crippen LogP contribution in [0.1, 0.15) is 38.5 Å². The Hall–Kier alpha value is 0.170. The number of ether oxygens (including phenoxy) is 1. The molecule has 2 saturated carbocycles. The van der Waals surface area contributed by atoms with Crippen LogP contribution in [-0.4, -0.2) is 38.4 Å². The molecule has 3 aliphatic rings. The third-order valence-corrected chi connectivity index (χ3v) is 4.69. The van der Waals surface area contributed by atoms with Crippen LogP contribution in [0.5, 0.6) is 0 Å². The Morgan fingerprint density at radius 3 is 2.78 bits per heavy atom. The van der Waals surface area contributed by atoms with Gasteiger partial charge < -0.3 is 15.4 Å². The van der Waals surface area contributed by atoms with E-state index in [2.05, 4.69) is 10.6 Å². The second-order valence-electron chi connectivity index (χ2n) is 6.02. The van der Waals surface area contributed by atoms with Gasteiger partial charge >= 0.3 is 0 Å². The summed E-state index contributed by atoms with van der Waals surface area (Å²) in [5.74, 6) is 1.85. The molecule has 0 amide bonds. The molecule has 2 aliphatic carbocycles. The molecule has 3 atom stereocenters. The molecular formula is C14H27ClN2O. The largest absolute Gasteiger partial charge is 0.379 e. The predicted molar refractivity (Wildman–Crippen MR) is 76.3 cm³/mol. The van der Waals surface area contributed by atoms with E-state index in [0.717, 1.165) is 37.6 Å². The van der Waals surface area contributed by atoms with Crippen LogP contribution in [0.3, 0.4) is 0 Å². The van der Waals surface area contributed by atoms with Crippen LogP contribution in [0, 0.1) is 11.8 Å². The number of halogens is 1. The second kappa shape index (κ2) is 7.09. The van der Waals surface area contributed by atoms with Gasteiger partial charge in [-0.25, -0.2) is 0 Å². The van der Waals surface area contributed by atoms with Gasteiger partial charge in [0, 0.05) is 18.6 Å². The van der Waals surface area contributed by atoms with E-state index in [1.54, 1.807) is 0 Å². The van der Waals surface area contributed by atoms with Crippen LogP contribution in [0.2, 0.25) is 0 Å². The maximum atomic E-state index is 5.61. The molecule has 106 valence electrons. The van der Waals surface area contributed by atoms with Gasteiger partial charge in [-0.3, -0.25) is 0 Å². The standard InChI is InChI=1S/C14H26N2O.ClH/c1-2-12(14-10-17-9-8-16-14)13(3-1)15-7-6-11-4-5-11;/h11-16H,1-10H2;1H. The van der Waals surface area contributed by atoms with Gasteiger partial charge in [-0.15, -0.1) is 12.4 Å². The molecule has 1 aliphatic heterocycles. The predicted octanol–water partition coefficient (Wildman–Crippen LogP) is 1.95. The third kappa shape index (κ3) is 3.83. The fourth-order valence-corrected chi connectivity index (χ4v) is 3.46. The molecule has 3 nitrogen and oxygen atoms in total. The van der Waals surface area contributed by atoms with Crippen molar-refractivity contribution >= 4 is 12.4 Å². The molecule has 0 spiro atoms. The fourth-order valence-electron chi connectivity index (χ4n) is 3.46. The zero-order chi connectivity index (χ0) is 11.5. The summed E-state index contributed by atoms with van der Waals surface area (Å²) in [4.78, 5) is 0. The smallest absolute Gasteiger partial charge is 0.0623 e. The van der Waals surface area contributed by atoms with Gasteiger partial charge in [-0.2, -0.15) is 0 Å². The Bertz CT molecular complexity index is 242. The van der Waals surface area contributed by atoms with Crippen molar-refractivity contribution in [2.24, 2.45) is 11.8 Å². The molecule has 1 heterocycles. The number of nitrogens with one attached hydrogen (secondary N) is 2. The molecule has 3 rings (SSSR count). The average molecular weight is 275 g/mol. The minimum absolute atomic E-state index is 0. The van der Waals surface area contributed by atoms with Crippen LogP contribution in [-0.2, 0) is 4.74 Å². The zero-order valence-electron chi connectivity index (χ0n) is 11.2. The topological polar surface area (TPSA) is 33.3 Å². The van der Waals surface area contributed by atoms with Gasteiger partial charge in [0.1, 0.15) is 0 Å². The van der Waals surface area contributed by atoms with Crippen molar-refractivity contribution in [3.8, 4) is 0 Å². The quantitative estimate of drug-likeness (QED) is 0.804. The third-order valence-electron chi connectivity index (χ3n) is 4.69. The van der Waals surface area contributed by atoms with Crippen molar-refractivity contribution in [1.29, 1.82) is 0 Å². The first-order chi connectivity index (χ1) is 8.43. The van der Waals surface area contributed by atoms with Gasteiger partial charge in [0.2, 0.25) is 0 Å². The van der Waals surface area contributed by atoms with E-state index < -0.39 is 0 Å². The lowest BCUT2D eigenvalue weighted by Crippen LogP contribution is -2.51. The SMILES string of the molecule is C1CC(NCCC2CC2)C(C2COCCN2)C1.Cl. The molecule has 3 fully saturated rings. The Kier molecular flexibility index (Phi) is 5.74. The van der Waals surface area contributed by atoms with E-state index in [-0.39, 0.29) is 12.4 Å². The number of hydrogen-bond donors (Lipinski definition) is 2. The molecule has 0 radical (unpaired) electrons. The summed E-state index contributed by atoms with van der Waals surface area (Å²) < 4.78 is 5.61. The first-order valence-electron chi connectivity index (χ1n) is 7.48. The average Bonchev–Trinajstić information content (AvgIpc) is 3.07. The highest BCUT2D eigenvalue weighted by Crippen LogP contribution is 2.33. The van der Waals surface area contributed by atoms with Gasteiger partial charge in [-0.1, -0.05) is 19.3 Å². The van der Waals surface area contributed by atoms with Crippen molar-refractivity contribution in [1.82, 2.24) is 10.6 Å². The molecule has 0 aromatic rings. The second-order valence-corrected chi connectivity index (χ2v) is 6.02. The lowest BCUT2D eigenvalue weighted by Gasteiger charge is -2.33. The molecule has 1 saturated heterocycles. The number of rotatable bonds is 5. The van der Waals surface area contributed by atoms with E-state index >= 15 is 0 Å². The van der Waals surface area contributed by atoms with Crippen LogP contribution >= 0.6 is 12.4 Å². The van der Waals surface area contributed by atoms with Crippen LogP contribution < -0.4 is 10.6 Å². The Balaban J connectivity index is 0.00000120. The molecule has 18 heavy (non-hydrogen) atoms. The van der Waals surface area contributed by atoms with E-state index in [9.17, 15) is 0 Å². The van der Waals surface area contributed by atoms with Crippen molar-refractivity contribution in [3.05, 3.63) is 0 Å². The summed E-state index contributed by atoms with van der Waals surface area (Å²) >= 11 is 0. The Morgan fingerprint density at radius 2 is 2.06 bits per heavy atom. The fraction of sp³-hybridized carbons (Fsp3) is 1.00. The summed E-state index contributed by atoms with van der Waals surface area (Å²) in [5.41, 5.74) is 0. The van der Waals surface area contributed by atoms with E-state index in [4.69, 9.17) is 4.74 Å². The first kappa shape index (κ1) is 14.6. The van der Waals surface area contributed by atoms with Crippen molar-refractivity contribution in [2.75, 3.05) is 26.3 Å². The molecule has 3 unspecified atom stereocenters. The molecule has 2 N–H and O–H groups in total. The lowest BCUT2D eigenvalue weighted by atomic mass is 9.94. The van der Waals surface area contributed by atoms with Crippen molar-refractivity contribution in [3.63, 3.8) is 0 Å².